The third kappa shape index (κ3) is 3.20. The zero-order valence-corrected chi connectivity index (χ0v) is 11.4. The lowest BCUT2D eigenvalue weighted by Gasteiger charge is -2.13. The summed E-state index contributed by atoms with van der Waals surface area (Å²) in [7, 11) is 1.84. The van der Waals surface area contributed by atoms with Gasteiger partial charge in [0, 0.05) is 37.0 Å². The third-order valence-corrected chi connectivity index (χ3v) is 3.31. The molecule has 1 heterocycles. The summed E-state index contributed by atoms with van der Waals surface area (Å²) in [6.07, 6.45) is 0.639. The molecule has 4 nitrogen and oxygen atoms in total. The molecule has 1 atom stereocenters. The van der Waals surface area contributed by atoms with Gasteiger partial charge in [-0.25, -0.2) is 8.78 Å². The fourth-order valence-electron chi connectivity index (χ4n) is 1.94. The number of benzene rings is 1. The van der Waals surface area contributed by atoms with E-state index in [1.165, 1.54) is 0 Å². The molecule has 1 unspecified atom stereocenters. The van der Waals surface area contributed by atoms with Gasteiger partial charge in [0.1, 0.15) is 11.6 Å². The molecule has 6 heteroatoms. The second kappa shape index (κ2) is 6.11. The standard InChI is InChI=1S/C14H17F2N3O/c1-9-10(7-18-19(9)2)6-17-8-14(20)12-5-11(15)3-4-13(12)16/h3-5,7,14,17,20H,6,8H2,1-2H3. The maximum absolute atomic E-state index is 13.5. The predicted octanol–water partition coefficient (Wildman–Crippen LogP) is 1.83. The van der Waals surface area contributed by atoms with Crippen molar-refractivity contribution in [2.45, 2.75) is 19.6 Å². The van der Waals surface area contributed by atoms with Gasteiger partial charge in [0.05, 0.1) is 12.3 Å². The van der Waals surface area contributed by atoms with Gasteiger partial charge in [-0.3, -0.25) is 4.68 Å². The fourth-order valence-corrected chi connectivity index (χ4v) is 1.94. The Balaban J connectivity index is 1.94. The smallest absolute Gasteiger partial charge is 0.129 e. The van der Waals surface area contributed by atoms with Gasteiger partial charge in [0.25, 0.3) is 0 Å². The van der Waals surface area contributed by atoms with Gasteiger partial charge < -0.3 is 10.4 Å². The molecule has 2 aromatic rings. The highest BCUT2D eigenvalue weighted by Crippen LogP contribution is 2.17. The first kappa shape index (κ1) is 14.6. The van der Waals surface area contributed by atoms with Gasteiger partial charge in [-0.2, -0.15) is 5.10 Å². The summed E-state index contributed by atoms with van der Waals surface area (Å²) in [4.78, 5) is 0. The number of aryl methyl sites for hydroxylation is 1. The van der Waals surface area contributed by atoms with Crippen molar-refractivity contribution in [2.24, 2.45) is 7.05 Å². The molecule has 0 bridgehead atoms. The van der Waals surface area contributed by atoms with Crippen LogP contribution in [0, 0.1) is 18.6 Å². The Kier molecular flexibility index (Phi) is 4.46. The number of hydrogen-bond donors (Lipinski definition) is 2. The molecular formula is C14H17F2N3O. The van der Waals surface area contributed by atoms with Gasteiger partial charge in [-0.15, -0.1) is 0 Å². The van der Waals surface area contributed by atoms with Crippen molar-refractivity contribution in [3.63, 3.8) is 0 Å². The van der Waals surface area contributed by atoms with E-state index in [1.54, 1.807) is 10.9 Å². The van der Waals surface area contributed by atoms with E-state index in [0.717, 1.165) is 29.5 Å². The largest absolute Gasteiger partial charge is 0.387 e. The van der Waals surface area contributed by atoms with Crippen molar-refractivity contribution in [3.8, 4) is 0 Å². The molecule has 0 saturated heterocycles. The molecule has 0 fully saturated rings. The second-order valence-corrected chi connectivity index (χ2v) is 4.69. The number of aromatic nitrogens is 2. The average Bonchev–Trinajstić information content (AvgIpc) is 2.73. The quantitative estimate of drug-likeness (QED) is 0.879. The highest BCUT2D eigenvalue weighted by Gasteiger charge is 2.14. The maximum Gasteiger partial charge on any atom is 0.129 e. The number of rotatable bonds is 5. The number of aliphatic hydroxyl groups excluding tert-OH is 1. The molecule has 0 amide bonds. The van der Waals surface area contributed by atoms with Crippen LogP contribution in [-0.2, 0) is 13.6 Å². The molecule has 20 heavy (non-hydrogen) atoms. The fraction of sp³-hybridized carbons (Fsp3) is 0.357. The number of halogens is 2. The maximum atomic E-state index is 13.5. The average molecular weight is 281 g/mol. The van der Waals surface area contributed by atoms with E-state index in [9.17, 15) is 13.9 Å². The first-order valence-electron chi connectivity index (χ1n) is 6.30. The summed E-state index contributed by atoms with van der Waals surface area (Å²) in [6, 6.07) is 3.05. The Morgan fingerprint density at radius 2 is 2.15 bits per heavy atom. The van der Waals surface area contributed by atoms with Crippen molar-refractivity contribution < 1.29 is 13.9 Å². The van der Waals surface area contributed by atoms with Crippen LogP contribution in [0.2, 0.25) is 0 Å². The normalized spacial score (nSPS) is 12.7. The molecule has 0 saturated carbocycles. The second-order valence-electron chi connectivity index (χ2n) is 4.69. The van der Waals surface area contributed by atoms with Gasteiger partial charge in [-0.1, -0.05) is 0 Å². The highest BCUT2D eigenvalue weighted by atomic mass is 19.1. The minimum Gasteiger partial charge on any atom is -0.387 e. The van der Waals surface area contributed by atoms with Crippen LogP contribution in [-0.4, -0.2) is 21.4 Å². The van der Waals surface area contributed by atoms with E-state index >= 15 is 0 Å². The molecule has 1 aromatic carbocycles. The molecule has 2 rings (SSSR count). The van der Waals surface area contributed by atoms with Gasteiger partial charge >= 0.3 is 0 Å². The van der Waals surface area contributed by atoms with Crippen LogP contribution in [0.3, 0.4) is 0 Å². The van der Waals surface area contributed by atoms with Crippen LogP contribution in [0.25, 0.3) is 0 Å². The minimum absolute atomic E-state index is 0.0413. The zero-order chi connectivity index (χ0) is 14.7. The summed E-state index contributed by atoms with van der Waals surface area (Å²) >= 11 is 0. The molecule has 108 valence electrons. The minimum atomic E-state index is -1.09. The van der Waals surface area contributed by atoms with Crippen LogP contribution in [0.1, 0.15) is 22.9 Å². The third-order valence-electron chi connectivity index (χ3n) is 3.31. The molecule has 0 aliphatic rings. The van der Waals surface area contributed by atoms with Crippen molar-refractivity contribution in [1.82, 2.24) is 15.1 Å². The lowest BCUT2D eigenvalue weighted by molar-refractivity contribution is 0.169. The summed E-state index contributed by atoms with van der Waals surface area (Å²) in [5.41, 5.74) is 1.98. The van der Waals surface area contributed by atoms with Gasteiger partial charge in [-0.05, 0) is 25.1 Å². The Hall–Kier alpha value is -1.79. The summed E-state index contributed by atoms with van der Waals surface area (Å²) < 4.78 is 28.3. The number of aliphatic hydroxyl groups is 1. The van der Waals surface area contributed by atoms with Crippen molar-refractivity contribution in [1.29, 1.82) is 0 Å². The molecule has 1 aromatic heterocycles. The van der Waals surface area contributed by atoms with Crippen molar-refractivity contribution in [3.05, 3.63) is 52.9 Å². The first-order valence-corrected chi connectivity index (χ1v) is 6.30. The number of hydrogen-bond acceptors (Lipinski definition) is 3. The van der Waals surface area contributed by atoms with Crippen LogP contribution < -0.4 is 5.32 Å². The molecule has 0 spiro atoms. The lowest BCUT2D eigenvalue weighted by atomic mass is 10.1. The van der Waals surface area contributed by atoms with E-state index in [2.05, 4.69) is 10.4 Å². The Labute approximate surface area is 116 Å². The van der Waals surface area contributed by atoms with Crippen molar-refractivity contribution >= 4 is 0 Å². The summed E-state index contributed by atoms with van der Waals surface area (Å²) in [5, 5.41) is 17.0. The summed E-state index contributed by atoms with van der Waals surface area (Å²) in [6.45, 7) is 2.58. The molecule has 2 N–H and O–H groups in total. The first-order chi connectivity index (χ1) is 9.49. The Morgan fingerprint density at radius 3 is 2.80 bits per heavy atom. The van der Waals surface area contributed by atoms with E-state index in [0.29, 0.717) is 6.54 Å². The highest BCUT2D eigenvalue weighted by molar-refractivity contribution is 5.21. The molecule has 0 aliphatic carbocycles. The molecule has 0 aliphatic heterocycles. The van der Waals surface area contributed by atoms with Crippen LogP contribution >= 0.6 is 0 Å². The summed E-state index contributed by atoms with van der Waals surface area (Å²) in [5.74, 6) is -1.18. The molecule has 0 radical (unpaired) electrons. The van der Waals surface area contributed by atoms with Crippen LogP contribution in [0.4, 0.5) is 8.78 Å². The zero-order valence-electron chi connectivity index (χ0n) is 11.4. The van der Waals surface area contributed by atoms with Crippen molar-refractivity contribution in [2.75, 3.05) is 6.54 Å². The van der Waals surface area contributed by atoms with Crippen LogP contribution in [0.5, 0.6) is 0 Å². The molecular weight excluding hydrogens is 264 g/mol. The van der Waals surface area contributed by atoms with Gasteiger partial charge in [0.2, 0.25) is 0 Å². The van der Waals surface area contributed by atoms with E-state index in [1.807, 2.05) is 14.0 Å². The SMILES string of the molecule is Cc1c(CNCC(O)c2cc(F)ccc2F)cnn1C. The Morgan fingerprint density at radius 1 is 1.40 bits per heavy atom. The van der Waals surface area contributed by atoms with Crippen LogP contribution in [0.15, 0.2) is 24.4 Å². The van der Waals surface area contributed by atoms with E-state index < -0.39 is 17.7 Å². The lowest BCUT2D eigenvalue weighted by Crippen LogP contribution is -2.22. The predicted molar refractivity (Wildman–Crippen MR) is 71.0 cm³/mol. The number of nitrogens with one attached hydrogen (secondary N) is 1. The van der Waals surface area contributed by atoms with E-state index in [4.69, 9.17) is 0 Å². The monoisotopic (exact) mass is 281 g/mol. The Bertz CT molecular complexity index is 598. The van der Waals surface area contributed by atoms with Gasteiger partial charge in [0.15, 0.2) is 0 Å². The number of nitrogens with zero attached hydrogens (tertiary/aromatic N) is 2. The van der Waals surface area contributed by atoms with E-state index in [-0.39, 0.29) is 12.1 Å². The topological polar surface area (TPSA) is 50.1 Å².